The van der Waals surface area contributed by atoms with E-state index in [4.69, 9.17) is 0 Å². The zero-order chi connectivity index (χ0) is 9.14. The van der Waals surface area contributed by atoms with Crippen LogP contribution in [-0.2, 0) is 4.79 Å². The first kappa shape index (κ1) is 9.19. The van der Waals surface area contributed by atoms with E-state index in [-0.39, 0.29) is 5.91 Å². The van der Waals surface area contributed by atoms with Gasteiger partial charge in [-0.3, -0.25) is 4.79 Å². The monoisotopic (exact) mass is 228 g/mol. The van der Waals surface area contributed by atoms with Crippen molar-refractivity contribution < 1.29 is 4.79 Å². The number of aromatic nitrogens is 1. The third-order valence-electron chi connectivity index (χ3n) is 1.45. The first-order valence-electron chi connectivity index (χ1n) is 3.50. The summed E-state index contributed by atoms with van der Waals surface area (Å²) in [5.41, 5.74) is 1.73. The number of carbonyl (C=O) groups excluding carboxylic acids is 1. The summed E-state index contributed by atoms with van der Waals surface area (Å²) in [7, 11) is 0. The first-order chi connectivity index (χ1) is 5.61. The average molecular weight is 229 g/mol. The third kappa shape index (κ3) is 2.04. The second-order valence-corrected chi connectivity index (χ2v) is 3.21. The van der Waals surface area contributed by atoms with Crippen LogP contribution in [-0.4, -0.2) is 10.9 Å². The summed E-state index contributed by atoms with van der Waals surface area (Å²) in [6.45, 7) is 3.37. The van der Waals surface area contributed by atoms with E-state index in [2.05, 4.69) is 26.2 Å². The van der Waals surface area contributed by atoms with E-state index in [1.165, 1.54) is 6.92 Å². The molecule has 0 saturated heterocycles. The van der Waals surface area contributed by atoms with Crippen molar-refractivity contribution >= 4 is 27.5 Å². The van der Waals surface area contributed by atoms with Gasteiger partial charge in [-0.2, -0.15) is 0 Å². The molecule has 0 saturated carbocycles. The highest BCUT2D eigenvalue weighted by molar-refractivity contribution is 9.10. The Kier molecular flexibility index (Phi) is 2.81. The molecule has 1 rings (SSSR count). The lowest BCUT2D eigenvalue weighted by Crippen LogP contribution is -2.07. The smallest absolute Gasteiger partial charge is 0.221 e. The molecule has 1 aromatic rings. The van der Waals surface area contributed by atoms with Crippen LogP contribution in [0, 0.1) is 6.92 Å². The summed E-state index contributed by atoms with van der Waals surface area (Å²) >= 11 is 3.27. The van der Waals surface area contributed by atoms with Gasteiger partial charge in [0.25, 0.3) is 0 Å². The molecule has 1 amide bonds. The molecule has 1 N–H and O–H groups in total. The standard InChI is InChI=1S/C8H9BrN2O/c1-5-7(11-6(2)12)3-4-10-8(5)9/h3-4H,1-2H3,(H,10,11,12). The lowest BCUT2D eigenvalue weighted by atomic mass is 10.2. The van der Waals surface area contributed by atoms with Gasteiger partial charge in [0.2, 0.25) is 5.91 Å². The minimum absolute atomic E-state index is 0.0730. The van der Waals surface area contributed by atoms with Crippen LogP contribution in [0.25, 0.3) is 0 Å². The van der Waals surface area contributed by atoms with Gasteiger partial charge in [-0.25, -0.2) is 4.98 Å². The minimum Gasteiger partial charge on any atom is -0.326 e. The molecule has 0 bridgehead atoms. The number of pyridine rings is 1. The molecule has 0 fully saturated rings. The van der Waals surface area contributed by atoms with Gasteiger partial charge in [-0.15, -0.1) is 0 Å². The highest BCUT2D eigenvalue weighted by atomic mass is 79.9. The van der Waals surface area contributed by atoms with Crippen molar-refractivity contribution in [1.29, 1.82) is 0 Å². The molecule has 0 aliphatic carbocycles. The number of rotatable bonds is 1. The number of carbonyl (C=O) groups is 1. The van der Waals surface area contributed by atoms with Crippen LogP contribution in [0.3, 0.4) is 0 Å². The van der Waals surface area contributed by atoms with Crippen LogP contribution < -0.4 is 5.32 Å². The van der Waals surface area contributed by atoms with Gasteiger partial charge in [0, 0.05) is 24.4 Å². The first-order valence-corrected chi connectivity index (χ1v) is 4.29. The van der Waals surface area contributed by atoms with Gasteiger partial charge in [0.05, 0.1) is 0 Å². The lowest BCUT2D eigenvalue weighted by Gasteiger charge is -2.05. The molecule has 0 radical (unpaired) electrons. The van der Waals surface area contributed by atoms with Crippen molar-refractivity contribution in [2.24, 2.45) is 0 Å². The van der Waals surface area contributed by atoms with Crippen LogP contribution >= 0.6 is 15.9 Å². The van der Waals surface area contributed by atoms with Crippen molar-refractivity contribution in [3.8, 4) is 0 Å². The molecule has 1 heterocycles. The van der Waals surface area contributed by atoms with Gasteiger partial charge < -0.3 is 5.32 Å². The number of nitrogens with one attached hydrogen (secondary N) is 1. The Balaban J connectivity index is 3.00. The molecule has 0 aliphatic rings. The zero-order valence-electron chi connectivity index (χ0n) is 6.89. The SMILES string of the molecule is CC(=O)Nc1ccnc(Br)c1C. The quantitative estimate of drug-likeness (QED) is 0.749. The Labute approximate surface area is 79.3 Å². The second kappa shape index (κ2) is 3.67. The maximum Gasteiger partial charge on any atom is 0.221 e. The van der Waals surface area contributed by atoms with Crippen molar-refractivity contribution in [2.75, 3.05) is 5.32 Å². The zero-order valence-corrected chi connectivity index (χ0v) is 8.47. The fourth-order valence-corrected chi connectivity index (χ4v) is 1.17. The molecule has 1 aromatic heterocycles. The average Bonchev–Trinajstić information content (AvgIpc) is 1.98. The second-order valence-electron chi connectivity index (χ2n) is 2.46. The largest absolute Gasteiger partial charge is 0.326 e. The number of anilines is 1. The fraction of sp³-hybridized carbons (Fsp3) is 0.250. The molecule has 0 aliphatic heterocycles. The molecule has 0 unspecified atom stereocenters. The van der Waals surface area contributed by atoms with E-state index in [9.17, 15) is 4.79 Å². The molecule has 4 heteroatoms. The van der Waals surface area contributed by atoms with E-state index in [1.54, 1.807) is 12.3 Å². The van der Waals surface area contributed by atoms with Gasteiger partial charge in [0.1, 0.15) is 4.60 Å². The van der Waals surface area contributed by atoms with Crippen LogP contribution in [0.15, 0.2) is 16.9 Å². The highest BCUT2D eigenvalue weighted by Gasteiger charge is 2.02. The topological polar surface area (TPSA) is 42.0 Å². The lowest BCUT2D eigenvalue weighted by molar-refractivity contribution is -0.114. The Morgan fingerprint density at radius 2 is 2.33 bits per heavy atom. The highest BCUT2D eigenvalue weighted by Crippen LogP contribution is 2.20. The molecule has 0 atom stereocenters. The normalized spacial score (nSPS) is 9.58. The maximum atomic E-state index is 10.7. The molecule has 12 heavy (non-hydrogen) atoms. The van der Waals surface area contributed by atoms with Gasteiger partial charge >= 0.3 is 0 Å². The Morgan fingerprint density at radius 1 is 1.67 bits per heavy atom. The number of hydrogen-bond acceptors (Lipinski definition) is 2. The van der Waals surface area contributed by atoms with Crippen molar-refractivity contribution in [3.63, 3.8) is 0 Å². The summed E-state index contributed by atoms with van der Waals surface area (Å²) in [5, 5.41) is 2.70. The fourth-order valence-electron chi connectivity index (χ4n) is 0.835. The van der Waals surface area contributed by atoms with E-state index in [0.717, 1.165) is 15.9 Å². The number of amides is 1. The van der Waals surface area contributed by atoms with E-state index in [1.807, 2.05) is 6.92 Å². The molecular formula is C8H9BrN2O. The van der Waals surface area contributed by atoms with E-state index in [0.29, 0.717) is 0 Å². The van der Waals surface area contributed by atoms with Crippen LogP contribution in [0.1, 0.15) is 12.5 Å². The maximum absolute atomic E-state index is 10.7. The van der Waals surface area contributed by atoms with Gasteiger partial charge in [-0.1, -0.05) is 0 Å². The van der Waals surface area contributed by atoms with Crippen molar-refractivity contribution in [3.05, 3.63) is 22.4 Å². The van der Waals surface area contributed by atoms with E-state index < -0.39 is 0 Å². The number of halogens is 1. The summed E-state index contributed by atoms with van der Waals surface area (Å²) in [4.78, 5) is 14.7. The summed E-state index contributed by atoms with van der Waals surface area (Å²) in [6.07, 6.45) is 1.64. The summed E-state index contributed by atoms with van der Waals surface area (Å²) in [6, 6.07) is 1.77. The summed E-state index contributed by atoms with van der Waals surface area (Å²) < 4.78 is 0.758. The van der Waals surface area contributed by atoms with Crippen LogP contribution in [0.4, 0.5) is 5.69 Å². The molecule has 3 nitrogen and oxygen atoms in total. The Bertz CT molecular complexity index is 312. The van der Waals surface area contributed by atoms with Crippen molar-refractivity contribution in [1.82, 2.24) is 4.98 Å². The number of hydrogen-bond donors (Lipinski definition) is 1. The molecule has 0 aromatic carbocycles. The molecule has 64 valence electrons. The predicted molar refractivity (Wildman–Crippen MR) is 51.0 cm³/mol. The van der Waals surface area contributed by atoms with Gasteiger partial charge in [-0.05, 0) is 28.9 Å². The third-order valence-corrected chi connectivity index (χ3v) is 2.25. The molecule has 0 spiro atoms. The predicted octanol–water partition coefficient (Wildman–Crippen LogP) is 2.11. The molecular weight excluding hydrogens is 220 g/mol. The Hall–Kier alpha value is -0.900. The van der Waals surface area contributed by atoms with Crippen molar-refractivity contribution in [2.45, 2.75) is 13.8 Å². The van der Waals surface area contributed by atoms with Crippen LogP contribution in [0.2, 0.25) is 0 Å². The van der Waals surface area contributed by atoms with Gasteiger partial charge in [0.15, 0.2) is 0 Å². The summed E-state index contributed by atoms with van der Waals surface area (Å²) in [5.74, 6) is -0.0730. The van der Waals surface area contributed by atoms with Crippen LogP contribution in [0.5, 0.6) is 0 Å². The number of nitrogens with zero attached hydrogens (tertiary/aromatic N) is 1. The minimum atomic E-state index is -0.0730. The van der Waals surface area contributed by atoms with E-state index >= 15 is 0 Å². The Morgan fingerprint density at radius 3 is 2.92 bits per heavy atom.